The molecule has 0 bridgehead atoms. The molecule has 1 aromatic heterocycles. The fourth-order valence-corrected chi connectivity index (χ4v) is 3.91. The number of amides is 1. The summed E-state index contributed by atoms with van der Waals surface area (Å²) < 4.78 is 7.76. The number of rotatable bonds is 9. The average molecular weight is 375 g/mol. The number of hydrogen-bond donors (Lipinski definition) is 1. The van der Waals surface area contributed by atoms with Gasteiger partial charge in [-0.15, -0.1) is 10.2 Å². The molecule has 1 heterocycles. The number of thioether (sulfide) groups is 1. The summed E-state index contributed by atoms with van der Waals surface area (Å²) >= 11 is 1.65. The van der Waals surface area contributed by atoms with Crippen LogP contribution in [0.3, 0.4) is 0 Å². The minimum atomic E-state index is -0.101. The molecule has 1 amide bonds. The number of nitrogens with zero attached hydrogens (tertiary/aromatic N) is 3. The predicted octanol–water partition coefficient (Wildman–Crippen LogP) is 3.24. The molecule has 1 saturated carbocycles. The van der Waals surface area contributed by atoms with E-state index in [1.807, 2.05) is 36.6 Å². The van der Waals surface area contributed by atoms with Crippen molar-refractivity contribution in [2.45, 2.75) is 49.7 Å². The molecule has 1 aromatic carbocycles. The molecule has 6 nitrogen and oxygen atoms in total. The van der Waals surface area contributed by atoms with Crippen LogP contribution in [0.15, 0.2) is 35.5 Å². The molecule has 1 fully saturated rings. The Hall–Kier alpha value is -2.02. The first-order valence-electron chi connectivity index (χ1n) is 9.20. The maximum absolute atomic E-state index is 11.9. The molecule has 0 atom stereocenters. The third-order valence-corrected chi connectivity index (χ3v) is 5.26. The molecule has 0 aliphatic heterocycles. The molecule has 0 saturated heterocycles. The second kappa shape index (κ2) is 9.62. The van der Waals surface area contributed by atoms with E-state index in [0.717, 1.165) is 23.8 Å². The van der Waals surface area contributed by atoms with Gasteiger partial charge in [0.1, 0.15) is 11.6 Å². The summed E-state index contributed by atoms with van der Waals surface area (Å²) in [6.45, 7) is 0.655. The minimum Gasteiger partial charge on any atom is -0.484 e. The third kappa shape index (κ3) is 5.00. The molecule has 7 heteroatoms. The topological polar surface area (TPSA) is 69.0 Å². The van der Waals surface area contributed by atoms with Crippen molar-refractivity contribution in [1.29, 1.82) is 0 Å². The highest BCUT2D eigenvalue weighted by atomic mass is 32.2. The van der Waals surface area contributed by atoms with E-state index in [0.29, 0.717) is 18.3 Å². The van der Waals surface area contributed by atoms with Gasteiger partial charge in [-0.25, -0.2) is 0 Å². The number of aromatic nitrogens is 3. The van der Waals surface area contributed by atoms with Gasteiger partial charge in [-0.1, -0.05) is 42.8 Å². The van der Waals surface area contributed by atoms with Crippen LogP contribution in [0.4, 0.5) is 0 Å². The molecule has 1 N–H and O–H groups in total. The molecule has 3 rings (SSSR count). The summed E-state index contributed by atoms with van der Waals surface area (Å²) in [7, 11) is 0. The van der Waals surface area contributed by atoms with Crippen molar-refractivity contribution in [3.05, 3.63) is 36.2 Å². The fraction of sp³-hybridized carbons (Fsp3) is 0.526. The summed E-state index contributed by atoms with van der Waals surface area (Å²) in [5, 5.41) is 12.6. The lowest BCUT2D eigenvalue weighted by Crippen LogP contribution is -2.30. The van der Waals surface area contributed by atoms with Crippen molar-refractivity contribution in [3.63, 3.8) is 0 Å². The number of nitrogens with one attached hydrogen (secondary N) is 1. The van der Waals surface area contributed by atoms with Gasteiger partial charge in [-0.05, 0) is 37.7 Å². The maximum Gasteiger partial charge on any atom is 0.257 e. The molecule has 1 aliphatic carbocycles. The van der Waals surface area contributed by atoms with E-state index in [4.69, 9.17) is 4.74 Å². The van der Waals surface area contributed by atoms with E-state index in [1.54, 1.807) is 11.8 Å². The van der Waals surface area contributed by atoms with Crippen LogP contribution in [0.25, 0.3) is 0 Å². The Balaban J connectivity index is 1.42. The van der Waals surface area contributed by atoms with Crippen molar-refractivity contribution in [1.82, 2.24) is 20.1 Å². The van der Waals surface area contributed by atoms with Gasteiger partial charge >= 0.3 is 0 Å². The highest BCUT2D eigenvalue weighted by molar-refractivity contribution is 7.98. The second-order valence-corrected chi connectivity index (χ2v) is 7.24. The Bertz CT molecular complexity index is 699. The lowest BCUT2D eigenvalue weighted by atomic mass is 10.2. The summed E-state index contributed by atoms with van der Waals surface area (Å²) in [6, 6.07) is 9.91. The van der Waals surface area contributed by atoms with Crippen LogP contribution >= 0.6 is 11.8 Å². The fourth-order valence-electron chi connectivity index (χ4n) is 3.34. The summed E-state index contributed by atoms with van der Waals surface area (Å²) in [5.41, 5.74) is 0. The van der Waals surface area contributed by atoms with Crippen molar-refractivity contribution in [2.75, 3.05) is 19.4 Å². The van der Waals surface area contributed by atoms with Gasteiger partial charge in [0.15, 0.2) is 11.8 Å². The van der Waals surface area contributed by atoms with Gasteiger partial charge in [0.25, 0.3) is 5.91 Å². The molecule has 0 spiro atoms. The van der Waals surface area contributed by atoms with Crippen molar-refractivity contribution in [3.8, 4) is 5.75 Å². The highest BCUT2D eigenvalue weighted by Crippen LogP contribution is 2.33. The Kier molecular flexibility index (Phi) is 6.94. The standard InChI is InChI=1S/C19H26N4O2S/c1-26-19-22-21-17(23(19)15-8-5-6-9-15)12-7-13-20-18(24)14-25-16-10-3-2-4-11-16/h2-4,10-11,15H,5-9,12-14H2,1H3,(H,20,24). The van der Waals surface area contributed by atoms with Gasteiger partial charge < -0.3 is 14.6 Å². The number of aryl methyl sites for hydroxylation is 1. The van der Waals surface area contributed by atoms with Gasteiger partial charge in [0.05, 0.1) is 0 Å². The molecular weight excluding hydrogens is 348 g/mol. The van der Waals surface area contributed by atoms with Crippen LogP contribution in [0.5, 0.6) is 5.75 Å². The first kappa shape index (κ1) is 18.8. The minimum absolute atomic E-state index is 0.0406. The zero-order chi connectivity index (χ0) is 18.2. The largest absolute Gasteiger partial charge is 0.484 e. The summed E-state index contributed by atoms with van der Waals surface area (Å²) in [5.74, 6) is 1.64. The van der Waals surface area contributed by atoms with Crippen LogP contribution in [-0.2, 0) is 11.2 Å². The Morgan fingerprint density at radius 1 is 1.27 bits per heavy atom. The molecular formula is C19H26N4O2S. The normalized spacial score (nSPS) is 14.5. The third-order valence-electron chi connectivity index (χ3n) is 4.62. The smallest absolute Gasteiger partial charge is 0.257 e. The van der Waals surface area contributed by atoms with Gasteiger partial charge in [0, 0.05) is 19.0 Å². The van der Waals surface area contributed by atoms with E-state index in [1.165, 1.54) is 25.7 Å². The number of hydrogen-bond acceptors (Lipinski definition) is 5. The summed E-state index contributed by atoms with van der Waals surface area (Å²) in [6.07, 6.45) is 8.71. The molecule has 0 radical (unpaired) electrons. The molecule has 140 valence electrons. The van der Waals surface area contributed by atoms with E-state index < -0.39 is 0 Å². The lowest BCUT2D eigenvalue weighted by molar-refractivity contribution is -0.123. The molecule has 2 aromatic rings. The monoisotopic (exact) mass is 374 g/mol. The lowest BCUT2D eigenvalue weighted by Gasteiger charge is -2.16. The SMILES string of the molecule is CSc1nnc(CCCNC(=O)COc2ccccc2)n1C1CCCC1. The average Bonchev–Trinajstić information content (AvgIpc) is 3.33. The van der Waals surface area contributed by atoms with Crippen LogP contribution in [-0.4, -0.2) is 40.1 Å². The first-order chi connectivity index (χ1) is 12.8. The van der Waals surface area contributed by atoms with Crippen molar-refractivity contribution in [2.24, 2.45) is 0 Å². The first-order valence-corrected chi connectivity index (χ1v) is 10.4. The number of ether oxygens (including phenoxy) is 1. The Morgan fingerprint density at radius 3 is 2.77 bits per heavy atom. The highest BCUT2D eigenvalue weighted by Gasteiger charge is 2.23. The Morgan fingerprint density at radius 2 is 2.04 bits per heavy atom. The second-order valence-electron chi connectivity index (χ2n) is 6.47. The molecule has 1 aliphatic rings. The quantitative estimate of drug-likeness (QED) is 0.539. The maximum atomic E-state index is 11.9. The number of carbonyl (C=O) groups excluding carboxylic acids is 1. The van der Waals surface area contributed by atoms with E-state index in [-0.39, 0.29) is 12.5 Å². The Labute approximate surface area is 158 Å². The van der Waals surface area contributed by atoms with Crippen LogP contribution in [0.2, 0.25) is 0 Å². The van der Waals surface area contributed by atoms with Gasteiger partial charge in [0.2, 0.25) is 0 Å². The van der Waals surface area contributed by atoms with Crippen molar-refractivity contribution < 1.29 is 9.53 Å². The number of para-hydroxylation sites is 1. The number of carbonyl (C=O) groups is 1. The van der Waals surface area contributed by atoms with E-state index in [2.05, 4.69) is 20.1 Å². The summed E-state index contributed by atoms with van der Waals surface area (Å²) in [4.78, 5) is 11.9. The zero-order valence-corrected chi connectivity index (χ0v) is 16.0. The van der Waals surface area contributed by atoms with Gasteiger partial charge in [-0.3, -0.25) is 4.79 Å². The van der Waals surface area contributed by atoms with Gasteiger partial charge in [-0.2, -0.15) is 0 Å². The number of benzene rings is 1. The van der Waals surface area contributed by atoms with E-state index >= 15 is 0 Å². The van der Waals surface area contributed by atoms with Crippen LogP contribution in [0.1, 0.15) is 44.0 Å². The van der Waals surface area contributed by atoms with Crippen LogP contribution in [0, 0.1) is 0 Å². The molecule has 0 unspecified atom stereocenters. The predicted molar refractivity (Wildman–Crippen MR) is 103 cm³/mol. The van der Waals surface area contributed by atoms with E-state index in [9.17, 15) is 4.79 Å². The molecule has 26 heavy (non-hydrogen) atoms. The van der Waals surface area contributed by atoms with Crippen LogP contribution < -0.4 is 10.1 Å². The zero-order valence-electron chi connectivity index (χ0n) is 15.2. The van der Waals surface area contributed by atoms with Crippen molar-refractivity contribution >= 4 is 17.7 Å².